The van der Waals surface area contributed by atoms with E-state index in [1.54, 1.807) is 0 Å². The largest absolute Gasteiger partial charge is 0.0905 e. The number of benzene rings is 3. The molecular formula is C21H18. The van der Waals surface area contributed by atoms with Gasteiger partial charge in [-0.25, -0.2) is 0 Å². The van der Waals surface area contributed by atoms with Gasteiger partial charge in [0, 0.05) is 0 Å². The van der Waals surface area contributed by atoms with Gasteiger partial charge in [-0.05, 0) is 46.4 Å². The molecule has 0 nitrogen and oxygen atoms in total. The van der Waals surface area contributed by atoms with Crippen molar-refractivity contribution in [2.75, 3.05) is 0 Å². The van der Waals surface area contributed by atoms with E-state index in [4.69, 9.17) is 0 Å². The molecule has 0 aliphatic heterocycles. The Bertz CT molecular complexity index is 767. The fraction of sp³-hybridized carbons (Fsp3) is 0.0476. The molecule has 0 unspecified atom stereocenters. The molecule has 0 heterocycles. The van der Waals surface area contributed by atoms with Crippen LogP contribution in [0.5, 0.6) is 0 Å². The summed E-state index contributed by atoms with van der Waals surface area (Å²) in [6.45, 7) is 6.42. The maximum atomic E-state index is 4.29. The number of aryl methyl sites for hydroxylation is 1. The smallest absolute Gasteiger partial charge is 0.0155 e. The van der Waals surface area contributed by atoms with Crippen LogP contribution in [0.3, 0.4) is 0 Å². The van der Waals surface area contributed by atoms with Crippen LogP contribution in [0.15, 0.2) is 85.4 Å². The molecule has 102 valence electrons. The molecule has 0 saturated heterocycles. The molecule has 0 heteroatoms. The summed E-state index contributed by atoms with van der Waals surface area (Å²) in [6.07, 6.45) is 0. The lowest BCUT2D eigenvalue weighted by molar-refractivity contribution is 1.42. The first kappa shape index (κ1) is 13.4. The summed E-state index contributed by atoms with van der Waals surface area (Å²) < 4.78 is 0. The molecule has 0 saturated carbocycles. The number of rotatable bonds is 3. The van der Waals surface area contributed by atoms with Crippen molar-refractivity contribution in [3.05, 3.63) is 102 Å². The summed E-state index contributed by atoms with van der Waals surface area (Å²) >= 11 is 0. The Balaban J connectivity index is 2.01. The average molecular weight is 270 g/mol. The highest BCUT2D eigenvalue weighted by Gasteiger charge is 2.06. The minimum atomic E-state index is 1.07. The van der Waals surface area contributed by atoms with Gasteiger partial charge in [0.05, 0.1) is 0 Å². The van der Waals surface area contributed by atoms with Crippen molar-refractivity contribution >= 4 is 5.57 Å². The second-order valence-corrected chi connectivity index (χ2v) is 5.24. The van der Waals surface area contributed by atoms with Crippen LogP contribution in [0.4, 0.5) is 0 Å². The van der Waals surface area contributed by atoms with E-state index in [9.17, 15) is 0 Å². The van der Waals surface area contributed by atoms with Crippen LogP contribution >= 0.6 is 0 Å². The standard InChI is InChI=1S/C21H18/c1-16-9-6-7-14-21(16)17(2)19-12-8-13-20(15-19)18-10-4-3-5-11-18/h3-15H,2H2,1H3. The minimum Gasteiger partial charge on any atom is -0.0905 e. The molecule has 3 aromatic rings. The number of hydrogen-bond acceptors (Lipinski definition) is 0. The van der Waals surface area contributed by atoms with Crippen molar-refractivity contribution < 1.29 is 0 Å². The zero-order valence-corrected chi connectivity index (χ0v) is 12.2. The van der Waals surface area contributed by atoms with Gasteiger partial charge in [-0.2, -0.15) is 0 Å². The molecular weight excluding hydrogens is 252 g/mol. The monoisotopic (exact) mass is 270 g/mol. The van der Waals surface area contributed by atoms with Gasteiger partial charge >= 0.3 is 0 Å². The Labute approximate surface area is 126 Å². The molecule has 21 heavy (non-hydrogen) atoms. The summed E-state index contributed by atoms with van der Waals surface area (Å²) in [5.41, 5.74) is 7.17. The van der Waals surface area contributed by atoms with Gasteiger partial charge in [0.2, 0.25) is 0 Å². The van der Waals surface area contributed by atoms with Crippen LogP contribution in [-0.4, -0.2) is 0 Å². The highest BCUT2D eigenvalue weighted by Crippen LogP contribution is 2.28. The third-order valence-electron chi connectivity index (χ3n) is 3.79. The molecule has 0 aromatic heterocycles. The Morgan fingerprint density at radius 2 is 1.38 bits per heavy atom. The van der Waals surface area contributed by atoms with Crippen molar-refractivity contribution in [3.63, 3.8) is 0 Å². The number of hydrogen-bond donors (Lipinski definition) is 0. The molecule has 0 bridgehead atoms. The topological polar surface area (TPSA) is 0 Å². The molecule has 0 aliphatic rings. The maximum Gasteiger partial charge on any atom is -0.0155 e. The summed E-state index contributed by atoms with van der Waals surface area (Å²) in [7, 11) is 0. The van der Waals surface area contributed by atoms with Gasteiger partial charge in [-0.15, -0.1) is 0 Å². The molecule has 0 N–H and O–H groups in total. The predicted octanol–water partition coefficient (Wildman–Crippen LogP) is 5.72. The third kappa shape index (κ3) is 2.80. The molecule has 0 spiro atoms. The van der Waals surface area contributed by atoms with E-state index < -0.39 is 0 Å². The van der Waals surface area contributed by atoms with Crippen molar-refractivity contribution in [2.45, 2.75) is 6.92 Å². The fourth-order valence-corrected chi connectivity index (χ4v) is 2.58. The van der Waals surface area contributed by atoms with Crippen LogP contribution in [0.25, 0.3) is 16.7 Å². The van der Waals surface area contributed by atoms with E-state index in [2.05, 4.69) is 86.3 Å². The van der Waals surface area contributed by atoms with Gasteiger partial charge in [0.25, 0.3) is 0 Å². The zero-order valence-electron chi connectivity index (χ0n) is 12.2. The molecule has 3 rings (SSSR count). The lowest BCUT2D eigenvalue weighted by atomic mass is 9.93. The first-order chi connectivity index (χ1) is 10.3. The second-order valence-electron chi connectivity index (χ2n) is 5.24. The van der Waals surface area contributed by atoms with Crippen molar-refractivity contribution in [1.29, 1.82) is 0 Å². The normalized spacial score (nSPS) is 10.3. The van der Waals surface area contributed by atoms with Crippen molar-refractivity contribution in [2.24, 2.45) is 0 Å². The van der Waals surface area contributed by atoms with Crippen molar-refractivity contribution in [3.8, 4) is 11.1 Å². The minimum absolute atomic E-state index is 1.07. The SMILES string of the molecule is C=C(c1cccc(-c2ccccc2)c1)c1ccccc1C. The van der Waals surface area contributed by atoms with Gasteiger partial charge in [0.15, 0.2) is 0 Å². The molecule has 0 radical (unpaired) electrons. The Kier molecular flexibility index (Phi) is 3.70. The third-order valence-corrected chi connectivity index (χ3v) is 3.79. The predicted molar refractivity (Wildman–Crippen MR) is 91.2 cm³/mol. The Morgan fingerprint density at radius 3 is 2.14 bits per heavy atom. The fourth-order valence-electron chi connectivity index (χ4n) is 2.58. The summed E-state index contributed by atoms with van der Waals surface area (Å²) in [4.78, 5) is 0. The first-order valence-corrected chi connectivity index (χ1v) is 7.16. The van der Waals surface area contributed by atoms with Crippen molar-refractivity contribution in [1.82, 2.24) is 0 Å². The van der Waals surface area contributed by atoms with E-state index in [0.717, 1.165) is 5.57 Å². The molecule has 0 amide bonds. The lowest BCUT2D eigenvalue weighted by Gasteiger charge is -2.11. The zero-order chi connectivity index (χ0) is 14.7. The average Bonchev–Trinajstić information content (AvgIpc) is 2.56. The van der Waals surface area contributed by atoms with E-state index in [0.29, 0.717) is 0 Å². The van der Waals surface area contributed by atoms with Crippen LogP contribution in [0.1, 0.15) is 16.7 Å². The highest BCUT2D eigenvalue weighted by atomic mass is 14.1. The Morgan fingerprint density at radius 1 is 0.714 bits per heavy atom. The molecule has 3 aromatic carbocycles. The summed E-state index contributed by atoms with van der Waals surface area (Å²) in [6, 6.07) is 27.4. The van der Waals surface area contributed by atoms with Crippen LogP contribution < -0.4 is 0 Å². The van der Waals surface area contributed by atoms with E-state index in [-0.39, 0.29) is 0 Å². The highest BCUT2D eigenvalue weighted by molar-refractivity contribution is 5.82. The molecule has 0 atom stereocenters. The lowest BCUT2D eigenvalue weighted by Crippen LogP contribution is -1.90. The van der Waals surface area contributed by atoms with E-state index >= 15 is 0 Å². The van der Waals surface area contributed by atoms with Gasteiger partial charge in [0.1, 0.15) is 0 Å². The molecule has 0 aliphatic carbocycles. The summed E-state index contributed by atoms with van der Waals surface area (Å²) in [5.74, 6) is 0. The summed E-state index contributed by atoms with van der Waals surface area (Å²) in [5, 5.41) is 0. The second kappa shape index (κ2) is 5.80. The van der Waals surface area contributed by atoms with Gasteiger partial charge in [-0.3, -0.25) is 0 Å². The van der Waals surface area contributed by atoms with Gasteiger partial charge < -0.3 is 0 Å². The molecule has 0 fully saturated rings. The maximum absolute atomic E-state index is 4.29. The Hall–Kier alpha value is -2.60. The quantitative estimate of drug-likeness (QED) is 0.570. The van der Waals surface area contributed by atoms with Crippen LogP contribution in [0.2, 0.25) is 0 Å². The first-order valence-electron chi connectivity index (χ1n) is 7.16. The van der Waals surface area contributed by atoms with E-state index in [1.807, 2.05) is 6.07 Å². The van der Waals surface area contributed by atoms with Gasteiger partial charge in [-0.1, -0.05) is 79.4 Å². The van der Waals surface area contributed by atoms with E-state index in [1.165, 1.54) is 27.8 Å². The van der Waals surface area contributed by atoms with Crippen LogP contribution in [-0.2, 0) is 0 Å². The van der Waals surface area contributed by atoms with Crippen LogP contribution in [0, 0.1) is 6.92 Å².